The third kappa shape index (κ3) is 4.71. The van der Waals surface area contributed by atoms with Gasteiger partial charge in [-0.25, -0.2) is 4.39 Å². The number of ether oxygens (including phenoxy) is 1. The molecule has 3 aromatic rings. The second-order valence-electron chi connectivity index (χ2n) is 7.84. The molecule has 1 fully saturated rings. The minimum Gasteiger partial charge on any atom is -0.476 e. The summed E-state index contributed by atoms with van der Waals surface area (Å²) in [5.74, 6) is 0.0875. The summed E-state index contributed by atoms with van der Waals surface area (Å²) in [5, 5.41) is 4.34. The molecule has 3 heterocycles. The Morgan fingerprint density at radius 3 is 2.75 bits per heavy atom. The SMILES string of the molecule is CCOc1cc(CCC(=O)N2CCC(c3nc4ccc(F)cc4cc3C(N)=O)CC2)on1. The molecule has 2 N–H and O–H groups in total. The molecule has 0 unspecified atom stereocenters. The number of benzene rings is 1. The first kappa shape index (κ1) is 21.7. The Hall–Kier alpha value is -3.49. The fourth-order valence-electron chi connectivity index (χ4n) is 4.09. The molecule has 0 spiro atoms. The number of rotatable bonds is 7. The fraction of sp³-hybridized carbons (Fsp3) is 0.391. The van der Waals surface area contributed by atoms with Gasteiger partial charge in [-0.2, -0.15) is 0 Å². The number of carbonyl (C=O) groups excluding carboxylic acids is 2. The highest BCUT2D eigenvalue weighted by Crippen LogP contribution is 2.31. The summed E-state index contributed by atoms with van der Waals surface area (Å²) in [6, 6.07) is 7.58. The van der Waals surface area contributed by atoms with Crippen molar-refractivity contribution in [2.45, 2.75) is 38.5 Å². The Morgan fingerprint density at radius 1 is 1.25 bits per heavy atom. The van der Waals surface area contributed by atoms with Crippen LogP contribution in [-0.2, 0) is 11.2 Å². The summed E-state index contributed by atoms with van der Waals surface area (Å²) in [5.41, 5.74) is 7.12. The molecule has 2 amide bonds. The van der Waals surface area contributed by atoms with Gasteiger partial charge in [0, 0.05) is 43.3 Å². The number of piperidine rings is 1. The normalized spacial score (nSPS) is 14.6. The molecule has 1 aromatic carbocycles. The van der Waals surface area contributed by atoms with Crippen LogP contribution in [0.1, 0.15) is 53.9 Å². The van der Waals surface area contributed by atoms with Gasteiger partial charge in [0.1, 0.15) is 11.6 Å². The zero-order chi connectivity index (χ0) is 22.7. The zero-order valence-corrected chi connectivity index (χ0v) is 17.8. The van der Waals surface area contributed by atoms with E-state index in [0.717, 1.165) is 0 Å². The lowest BCUT2D eigenvalue weighted by atomic mass is 9.89. The van der Waals surface area contributed by atoms with Crippen molar-refractivity contribution in [2.75, 3.05) is 19.7 Å². The molecule has 32 heavy (non-hydrogen) atoms. The van der Waals surface area contributed by atoms with Gasteiger partial charge >= 0.3 is 0 Å². The van der Waals surface area contributed by atoms with Gasteiger partial charge in [0.05, 0.1) is 23.4 Å². The molecule has 168 valence electrons. The van der Waals surface area contributed by atoms with Crippen molar-refractivity contribution in [1.29, 1.82) is 0 Å². The van der Waals surface area contributed by atoms with E-state index < -0.39 is 11.7 Å². The summed E-state index contributed by atoms with van der Waals surface area (Å²) in [4.78, 5) is 31.1. The van der Waals surface area contributed by atoms with Gasteiger partial charge in [0.25, 0.3) is 11.8 Å². The van der Waals surface area contributed by atoms with Crippen LogP contribution < -0.4 is 10.5 Å². The van der Waals surface area contributed by atoms with E-state index in [4.69, 9.17) is 15.0 Å². The third-order valence-corrected chi connectivity index (χ3v) is 5.72. The number of primary amides is 1. The van der Waals surface area contributed by atoms with E-state index in [2.05, 4.69) is 10.1 Å². The molecule has 4 rings (SSSR count). The number of amides is 2. The topological polar surface area (TPSA) is 112 Å². The quantitative estimate of drug-likeness (QED) is 0.604. The molecule has 2 aromatic heterocycles. The van der Waals surface area contributed by atoms with Gasteiger partial charge in [-0.3, -0.25) is 14.6 Å². The Bertz CT molecular complexity index is 1140. The summed E-state index contributed by atoms with van der Waals surface area (Å²) in [6.45, 7) is 3.48. The second-order valence-corrected chi connectivity index (χ2v) is 7.84. The standard InChI is InChI=1S/C23H25FN4O4/c1-2-31-20-13-17(32-27-20)4-6-21(29)28-9-7-14(8-10-28)22-18(23(25)30)12-15-11-16(24)3-5-19(15)26-22/h3,5,11-14H,2,4,6-10H2,1H3,(H2,25,30). The van der Waals surface area contributed by atoms with Crippen LogP contribution in [0, 0.1) is 5.82 Å². The van der Waals surface area contributed by atoms with Crippen molar-refractivity contribution in [3.63, 3.8) is 0 Å². The lowest BCUT2D eigenvalue weighted by Gasteiger charge is -2.32. The molecular weight excluding hydrogens is 415 g/mol. The number of carbonyl (C=O) groups is 2. The fourth-order valence-corrected chi connectivity index (χ4v) is 4.09. The van der Waals surface area contributed by atoms with E-state index in [0.29, 0.717) is 79.2 Å². The van der Waals surface area contributed by atoms with Crippen LogP contribution in [0.5, 0.6) is 5.88 Å². The van der Waals surface area contributed by atoms with E-state index >= 15 is 0 Å². The van der Waals surface area contributed by atoms with Crippen LogP contribution in [0.2, 0.25) is 0 Å². The smallest absolute Gasteiger partial charge is 0.254 e. The van der Waals surface area contributed by atoms with Crippen molar-refractivity contribution >= 4 is 22.7 Å². The molecule has 1 aliphatic rings. The lowest BCUT2D eigenvalue weighted by Crippen LogP contribution is -2.38. The summed E-state index contributed by atoms with van der Waals surface area (Å²) in [7, 11) is 0. The van der Waals surface area contributed by atoms with Crippen molar-refractivity contribution in [2.24, 2.45) is 5.73 Å². The Labute approximate surface area is 184 Å². The molecule has 9 heteroatoms. The van der Waals surface area contributed by atoms with E-state index in [1.165, 1.54) is 12.1 Å². The monoisotopic (exact) mass is 440 g/mol. The predicted octanol–water partition coefficient (Wildman–Crippen LogP) is 3.20. The number of nitrogens with zero attached hydrogens (tertiary/aromatic N) is 3. The van der Waals surface area contributed by atoms with E-state index in [-0.39, 0.29) is 11.8 Å². The third-order valence-electron chi connectivity index (χ3n) is 5.72. The first-order valence-corrected chi connectivity index (χ1v) is 10.7. The Morgan fingerprint density at radius 2 is 2.03 bits per heavy atom. The van der Waals surface area contributed by atoms with Crippen LogP contribution in [0.3, 0.4) is 0 Å². The molecular formula is C23H25FN4O4. The second kappa shape index (κ2) is 9.33. The number of likely N-dealkylation sites (tertiary alicyclic amines) is 1. The predicted molar refractivity (Wildman–Crippen MR) is 115 cm³/mol. The van der Waals surface area contributed by atoms with Crippen molar-refractivity contribution < 1.29 is 23.2 Å². The van der Waals surface area contributed by atoms with Crippen molar-refractivity contribution in [3.8, 4) is 5.88 Å². The molecule has 1 aliphatic heterocycles. The average Bonchev–Trinajstić information content (AvgIpc) is 3.24. The maximum atomic E-state index is 13.6. The number of aryl methyl sites for hydroxylation is 1. The highest BCUT2D eigenvalue weighted by molar-refractivity contribution is 5.97. The molecule has 0 bridgehead atoms. The molecule has 0 atom stereocenters. The number of hydrogen-bond donors (Lipinski definition) is 1. The average molecular weight is 440 g/mol. The first-order valence-electron chi connectivity index (χ1n) is 10.7. The Balaban J connectivity index is 1.40. The van der Waals surface area contributed by atoms with Gasteiger partial charge in [0.2, 0.25) is 5.91 Å². The van der Waals surface area contributed by atoms with Gasteiger partial charge in [-0.15, -0.1) is 0 Å². The minimum atomic E-state index is -0.587. The molecule has 1 saturated heterocycles. The van der Waals surface area contributed by atoms with Gasteiger partial charge in [0.15, 0.2) is 0 Å². The lowest BCUT2D eigenvalue weighted by molar-refractivity contribution is -0.132. The Kier molecular flexibility index (Phi) is 6.34. The maximum absolute atomic E-state index is 13.6. The number of aromatic nitrogens is 2. The van der Waals surface area contributed by atoms with E-state index in [9.17, 15) is 14.0 Å². The largest absolute Gasteiger partial charge is 0.476 e. The maximum Gasteiger partial charge on any atom is 0.254 e. The molecule has 0 radical (unpaired) electrons. The van der Waals surface area contributed by atoms with E-state index in [1.54, 1.807) is 18.2 Å². The van der Waals surface area contributed by atoms with Gasteiger partial charge in [-0.1, -0.05) is 0 Å². The zero-order valence-electron chi connectivity index (χ0n) is 17.8. The summed E-state index contributed by atoms with van der Waals surface area (Å²) < 4.78 is 24.0. The van der Waals surface area contributed by atoms with Crippen LogP contribution in [0.15, 0.2) is 34.9 Å². The minimum absolute atomic E-state index is 0.000900. The first-order chi connectivity index (χ1) is 15.4. The van der Waals surface area contributed by atoms with E-state index in [1.807, 2.05) is 11.8 Å². The highest BCUT2D eigenvalue weighted by Gasteiger charge is 2.28. The van der Waals surface area contributed by atoms with Crippen molar-refractivity contribution in [3.05, 3.63) is 53.2 Å². The van der Waals surface area contributed by atoms with Crippen LogP contribution in [0.4, 0.5) is 4.39 Å². The highest BCUT2D eigenvalue weighted by atomic mass is 19.1. The van der Waals surface area contributed by atoms with Crippen LogP contribution >= 0.6 is 0 Å². The number of nitrogens with two attached hydrogens (primary N) is 1. The number of pyridine rings is 1. The number of halogens is 1. The number of fused-ring (bicyclic) bond motifs is 1. The molecule has 8 nitrogen and oxygen atoms in total. The van der Waals surface area contributed by atoms with Crippen LogP contribution in [-0.4, -0.2) is 46.6 Å². The summed E-state index contributed by atoms with van der Waals surface area (Å²) in [6.07, 6.45) is 2.11. The van der Waals surface area contributed by atoms with Crippen LogP contribution in [0.25, 0.3) is 10.9 Å². The van der Waals surface area contributed by atoms with Crippen molar-refractivity contribution in [1.82, 2.24) is 15.0 Å². The summed E-state index contributed by atoms with van der Waals surface area (Å²) >= 11 is 0. The molecule has 0 aliphatic carbocycles. The number of hydrogen-bond acceptors (Lipinski definition) is 6. The molecule has 0 saturated carbocycles. The van der Waals surface area contributed by atoms with Gasteiger partial charge in [-0.05, 0) is 49.2 Å². The van der Waals surface area contributed by atoms with Gasteiger partial charge < -0.3 is 19.9 Å².